The largest absolute Gasteiger partial charge is 0.488 e. The molecule has 7 nitrogen and oxygen atoms in total. The van der Waals surface area contributed by atoms with Crippen LogP contribution in [0.2, 0.25) is 0 Å². The van der Waals surface area contributed by atoms with Crippen molar-refractivity contribution in [2.24, 2.45) is 5.10 Å². The van der Waals surface area contributed by atoms with E-state index in [-0.39, 0.29) is 5.69 Å². The van der Waals surface area contributed by atoms with Gasteiger partial charge in [-0.3, -0.25) is 14.9 Å². The number of nitro groups is 1. The van der Waals surface area contributed by atoms with Gasteiger partial charge in [-0.1, -0.05) is 42.5 Å². The van der Waals surface area contributed by atoms with Crippen LogP contribution in [-0.2, 0) is 6.61 Å². The third-order valence-corrected chi connectivity index (χ3v) is 4.81. The average molecular weight is 395 g/mol. The zero-order chi connectivity index (χ0) is 19.9. The van der Waals surface area contributed by atoms with E-state index in [0.29, 0.717) is 28.4 Å². The molecular weight excluding hydrogens is 378 g/mol. The monoisotopic (exact) mass is 395 g/mol. The highest BCUT2D eigenvalue weighted by molar-refractivity contribution is 7.10. The fourth-order valence-corrected chi connectivity index (χ4v) is 3.31. The van der Waals surface area contributed by atoms with E-state index in [2.05, 4.69) is 10.5 Å². The maximum absolute atomic E-state index is 12.5. The zero-order valence-electron chi connectivity index (χ0n) is 15.0. The summed E-state index contributed by atoms with van der Waals surface area (Å²) in [5.74, 6) is -0.0362. The molecule has 3 rings (SSSR count). The number of rotatable bonds is 7. The van der Waals surface area contributed by atoms with Crippen LogP contribution in [0.4, 0.5) is 5.69 Å². The van der Waals surface area contributed by atoms with Crippen molar-refractivity contribution in [1.82, 2.24) is 5.43 Å². The fourth-order valence-electron chi connectivity index (χ4n) is 2.53. The van der Waals surface area contributed by atoms with Crippen LogP contribution in [0.5, 0.6) is 5.75 Å². The van der Waals surface area contributed by atoms with Crippen molar-refractivity contribution in [3.8, 4) is 5.75 Å². The Morgan fingerprint density at radius 1 is 1.21 bits per heavy atom. The van der Waals surface area contributed by atoms with Crippen molar-refractivity contribution < 1.29 is 14.5 Å². The molecule has 0 unspecified atom stereocenters. The number of hydrazone groups is 1. The Balaban J connectivity index is 1.69. The van der Waals surface area contributed by atoms with Crippen LogP contribution < -0.4 is 10.2 Å². The van der Waals surface area contributed by atoms with E-state index in [1.165, 1.54) is 17.6 Å². The predicted octanol–water partition coefficient (Wildman–Crippen LogP) is 4.31. The van der Waals surface area contributed by atoms with Gasteiger partial charge in [-0.2, -0.15) is 5.10 Å². The Morgan fingerprint density at radius 2 is 1.93 bits per heavy atom. The number of hydrogen-bond donors (Lipinski definition) is 1. The number of nitrogens with zero attached hydrogens (tertiary/aromatic N) is 2. The molecule has 2 aromatic carbocycles. The summed E-state index contributed by atoms with van der Waals surface area (Å²) in [6.07, 6.45) is 1.27. The van der Waals surface area contributed by atoms with Crippen molar-refractivity contribution in [2.45, 2.75) is 13.5 Å². The van der Waals surface area contributed by atoms with Crippen molar-refractivity contribution in [2.75, 3.05) is 0 Å². The highest BCUT2D eigenvalue weighted by Gasteiger charge is 2.18. The van der Waals surface area contributed by atoms with E-state index in [0.717, 1.165) is 5.56 Å². The number of thiophene rings is 1. The highest BCUT2D eigenvalue weighted by atomic mass is 32.1. The summed E-state index contributed by atoms with van der Waals surface area (Å²) in [6.45, 7) is 1.99. The van der Waals surface area contributed by atoms with Crippen molar-refractivity contribution >= 4 is 29.1 Å². The summed E-state index contributed by atoms with van der Waals surface area (Å²) in [6, 6.07) is 16.4. The lowest BCUT2D eigenvalue weighted by atomic mass is 10.2. The second-order valence-corrected chi connectivity index (χ2v) is 6.91. The minimum atomic E-state index is -0.463. The molecule has 3 aromatic rings. The molecule has 0 atom stereocenters. The molecule has 0 fully saturated rings. The van der Waals surface area contributed by atoms with E-state index in [1.54, 1.807) is 36.6 Å². The Morgan fingerprint density at radius 3 is 2.68 bits per heavy atom. The molecule has 28 heavy (non-hydrogen) atoms. The van der Waals surface area contributed by atoms with Crippen LogP contribution in [0.15, 0.2) is 65.1 Å². The summed E-state index contributed by atoms with van der Waals surface area (Å²) in [5.41, 5.74) is 4.05. The fraction of sp³-hybridized carbons (Fsp3) is 0.100. The second-order valence-electron chi connectivity index (χ2n) is 5.82. The second kappa shape index (κ2) is 8.92. The first-order chi connectivity index (χ1) is 13.6. The first-order valence-corrected chi connectivity index (χ1v) is 9.26. The van der Waals surface area contributed by atoms with Gasteiger partial charge in [0.05, 0.1) is 27.1 Å². The maximum Gasteiger partial charge on any atom is 0.291 e. The summed E-state index contributed by atoms with van der Waals surface area (Å²) in [5, 5.41) is 16.6. The lowest BCUT2D eigenvalue weighted by Crippen LogP contribution is -2.18. The van der Waals surface area contributed by atoms with Gasteiger partial charge in [-0.15, -0.1) is 11.3 Å². The van der Waals surface area contributed by atoms with Gasteiger partial charge in [0.1, 0.15) is 12.4 Å². The Bertz CT molecular complexity index is 1020. The molecule has 1 N–H and O–H groups in total. The number of aryl methyl sites for hydroxylation is 1. The Hall–Kier alpha value is -3.52. The van der Waals surface area contributed by atoms with Gasteiger partial charge in [0.15, 0.2) is 0 Å². The third kappa shape index (κ3) is 4.60. The average Bonchev–Trinajstić information content (AvgIpc) is 3.08. The molecule has 0 radical (unpaired) electrons. The number of carbonyl (C=O) groups excluding carboxylic acids is 1. The number of carbonyl (C=O) groups is 1. The van der Waals surface area contributed by atoms with Crippen molar-refractivity contribution in [1.29, 1.82) is 0 Å². The van der Waals surface area contributed by atoms with E-state index in [1.807, 2.05) is 30.3 Å². The van der Waals surface area contributed by atoms with E-state index in [4.69, 9.17) is 4.74 Å². The molecular formula is C20H17N3O4S. The van der Waals surface area contributed by atoms with Gasteiger partial charge < -0.3 is 4.74 Å². The van der Waals surface area contributed by atoms with Gasteiger partial charge in [0.2, 0.25) is 0 Å². The molecule has 0 aliphatic carbocycles. The number of nitrogens with one attached hydrogen (secondary N) is 1. The van der Waals surface area contributed by atoms with Gasteiger partial charge >= 0.3 is 0 Å². The van der Waals surface area contributed by atoms with Crippen LogP contribution in [-0.4, -0.2) is 17.0 Å². The number of benzene rings is 2. The molecule has 8 heteroatoms. The molecule has 0 bridgehead atoms. The standard InChI is InChI=1S/C20H17N3O4S/c1-14-19(23(25)26)16(13-28-14)11-21-22-20(24)17-9-5-6-10-18(17)27-12-15-7-3-2-4-8-15/h2-11,13H,12H2,1H3,(H,22,24). The Kier molecular flexibility index (Phi) is 6.13. The molecule has 0 saturated heterocycles. The number of hydrogen-bond acceptors (Lipinski definition) is 6. The van der Waals surface area contributed by atoms with E-state index >= 15 is 0 Å². The molecule has 0 aliphatic rings. The topological polar surface area (TPSA) is 93.8 Å². The molecule has 1 amide bonds. The quantitative estimate of drug-likeness (QED) is 0.366. The van der Waals surface area contributed by atoms with Crippen LogP contribution in [0, 0.1) is 17.0 Å². The smallest absolute Gasteiger partial charge is 0.291 e. The summed E-state index contributed by atoms with van der Waals surface area (Å²) >= 11 is 1.26. The summed E-state index contributed by atoms with van der Waals surface area (Å²) in [7, 11) is 0. The van der Waals surface area contributed by atoms with Crippen LogP contribution in [0.25, 0.3) is 0 Å². The predicted molar refractivity (Wildman–Crippen MR) is 108 cm³/mol. The van der Waals surface area contributed by atoms with Crippen LogP contribution >= 0.6 is 11.3 Å². The van der Waals surface area contributed by atoms with Crippen molar-refractivity contribution in [3.05, 3.63) is 91.7 Å². The first-order valence-electron chi connectivity index (χ1n) is 8.38. The van der Waals surface area contributed by atoms with Crippen molar-refractivity contribution in [3.63, 3.8) is 0 Å². The minimum Gasteiger partial charge on any atom is -0.488 e. The maximum atomic E-state index is 12.5. The number of ether oxygens (including phenoxy) is 1. The van der Waals surface area contributed by atoms with Gasteiger partial charge in [-0.05, 0) is 24.6 Å². The van der Waals surface area contributed by atoms with Gasteiger partial charge in [-0.25, -0.2) is 5.43 Å². The van der Waals surface area contributed by atoms with Crippen LogP contribution in [0.1, 0.15) is 26.4 Å². The first kappa shape index (κ1) is 19.2. The minimum absolute atomic E-state index is 0.00501. The summed E-state index contributed by atoms with van der Waals surface area (Å²) in [4.78, 5) is 23.7. The van der Waals surface area contributed by atoms with E-state index < -0.39 is 10.8 Å². The normalized spacial score (nSPS) is 10.8. The van der Waals surface area contributed by atoms with Crippen LogP contribution in [0.3, 0.4) is 0 Å². The Labute approximate surface area is 165 Å². The van der Waals surface area contributed by atoms with Gasteiger partial charge in [0, 0.05) is 5.38 Å². The number of para-hydroxylation sites is 1. The SMILES string of the molecule is Cc1scc(C=NNC(=O)c2ccccc2OCc2ccccc2)c1[N+](=O)[O-]. The molecule has 0 saturated carbocycles. The molecule has 142 valence electrons. The zero-order valence-corrected chi connectivity index (χ0v) is 15.8. The molecule has 0 spiro atoms. The highest BCUT2D eigenvalue weighted by Crippen LogP contribution is 2.28. The molecule has 0 aliphatic heterocycles. The molecule has 1 aromatic heterocycles. The lowest BCUT2D eigenvalue weighted by Gasteiger charge is -2.10. The molecule has 1 heterocycles. The summed E-state index contributed by atoms with van der Waals surface area (Å²) < 4.78 is 5.76. The van der Waals surface area contributed by atoms with Gasteiger partial charge in [0.25, 0.3) is 11.6 Å². The van der Waals surface area contributed by atoms with E-state index in [9.17, 15) is 14.9 Å². The number of amides is 1. The lowest BCUT2D eigenvalue weighted by molar-refractivity contribution is -0.385. The third-order valence-electron chi connectivity index (χ3n) is 3.89.